The molecule has 0 unspecified atom stereocenters. The predicted molar refractivity (Wildman–Crippen MR) is 69.7 cm³/mol. The number of anilines is 1. The fraction of sp³-hybridized carbons (Fsp3) is 0.308. The topological polar surface area (TPSA) is 84.5 Å². The molecule has 0 bridgehead atoms. The molecule has 102 valence electrons. The number of amides is 2. The largest absolute Gasteiger partial charge is 0.467 e. The molecule has 1 aromatic rings. The summed E-state index contributed by atoms with van der Waals surface area (Å²) in [6.45, 7) is 2.91. The van der Waals surface area contributed by atoms with E-state index in [1.54, 1.807) is 18.2 Å². The van der Waals surface area contributed by atoms with E-state index in [9.17, 15) is 14.4 Å². The van der Waals surface area contributed by atoms with Gasteiger partial charge >= 0.3 is 5.97 Å². The lowest BCUT2D eigenvalue weighted by atomic mass is 10.1. The molecule has 0 aliphatic carbocycles. The van der Waals surface area contributed by atoms with Crippen molar-refractivity contribution in [1.82, 2.24) is 5.32 Å². The second-order valence-electron chi connectivity index (χ2n) is 3.98. The number of benzene rings is 1. The highest BCUT2D eigenvalue weighted by atomic mass is 16.5. The Kier molecular flexibility index (Phi) is 5.05. The average Bonchev–Trinajstić information content (AvgIpc) is 2.37. The molecule has 6 nitrogen and oxygen atoms in total. The highest BCUT2D eigenvalue weighted by Crippen LogP contribution is 2.10. The third kappa shape index (κ3) is 4.42. The second kappa shape index (κ2) is 6.53. The quantitative estimate of drug-likeness (QED) is 0.792. The summed E-state index contributed by atoms with van der Waals surface area (Å²) < 4.78 is 4.51. The van der Waals surface area contributed by atoms with Crippen LogP contribution in [0, 0.1) is 0 Å². The van der Waals surface area contributed by atoms with E-state index in [0.29, 0.717) is 11.3 Å². The van der Waals surface area contributed by atoms with Gasteiger partial charge in [0.1, 0.15) is 6.04 Å². The van der Waals surface area contributed by atoms with E-state index in [4.69, 9.17) is 0 Å². The molecular weight excluding hydrogens is 248 g/mol. The zero-order chi connectivity index (χ0) is 14.4. The van der Waals surface area contributed by atoms with Crippen LogP contribution in [0.5, 0.6) is 0 Å². The number of carbonyl (C=O) groups is 3. The summed E-state index contributed by atoms with van der Waals surface area (Å²) in [5.41, 5.74) is 0.868. The van der Waals surface area contributed by atoms with Crippen molar-refractivity contribution in [3.05, 3.63) is 29.8 Å². The number of rotatable bonds is 4. The molecule has 1 aromatic carbocycles. The SMILES string of the molecule is COC(=O)[C@H](C)NC(=O)c1cccc(NC(C)=O)c1. The average molecular weight is 264 g/mol. The first-order valence-corrected chi connectivity index (χ1v) is 5.70. The lowest BCUT2D eigenvalue weighted by Crippen LogP contribution is -2.39. The third-order valence-electron chi connectivity index (χ3n) is 2.35. The van der Waals surface area contributed by atoms with Crippen LogP contribution in [0.15, 0.2) is 24.3 Å². The fourth-order valence-electron chi connectivity index (χ4n) is 1.46. The normalized spacial score (nSPS) is 11.3. The van der Waals surface area contributed by atoms with Crippen molar-refractivity contribution in [2.24, 2.45) is 0 Å². The van der Waals surface area contributed by atoms with Gasteiger partial charge in [-0.15, -0.1) is 0 Å². The molecule has 0 fully saturated rings. The van der Waals surface area contributed by atoms with Gasteiger partial charge in [-0.1, -0.05) is 6.07 Å². The van der Waals surface area contributed by atoms with Crippen molar-refractivity contribution in [3.63, 3.8) is 0 Å². The minimum absolute atomic E-state index is 0.222. The lowest BCUT2D eigenvalue weighted by Gasteiger charge is -2.12. The first-order valence-electron chi connectivity index (χ1n) is 5.70. The molecule has 19 heavy (non-hydrogen) atoms. The summed E-state index contributed by atoms with van der Waals surface area (Å²) in [5, 5.41) is 5.08. The first-order chi connectivity index (χ1) is 8.93. The Morgan fingerprint density at radius 3 is 2.53 bits per heavy atom. The molecule has 0 saturated carbocycles. The highest BCUT2D eigenvalue weighted by Gasteiger charge is 2.16. The van der Waals surface area contributed by atoms with Crippen LogP contribution in [0.3, 0.4) is 0 Å². The van der Waals surface area contributed by atoms with E-state index in [-0.39, 0.29) is 5.91 Å². The number of nitrogens with one attached hydrogen (secondary N) is 2. The van der Waals surface area contributed by atoms with Crippen molar-refractivity contribution in [1.29, 1.82) is 0 Å². The Bertz CT molecular complexity index is 499. The summed E-state index contributed by atoms with van der Waals surface area (Å²) in [7, 11) is 1.25. The summed E-state index contributed by atoms with van der Waals surface area (Å²) in [6, 6.07) is 5.69. The maximum atomic E-state index is 11.9. The van der Waals surface area contributed by atoms with Gasteiger partial charge in [0.2, 0.25) is 5.91 Å². The summed E-state index contributed by atoms with van der Waals surface area (Å²) >= 11 is 0. The zero-order valence-corrected chi connectivity index (χ0v) is 11.0. The Hall–Kier alpha value is -2.37. The Labute approximate surface area is 111 Å². The van der Waals surface area contributed by atoms with Crippen LogP contribution in [0.2, 0.25) is 0 Å². The van der Waals surface area contributed by atoms with E-state index in [0.717, 1.165) is 0 Å². The molecule has 0 radical (unpaired) electrons. The molecule has 1 atom stereocenters. The predicted octanol–water partition coefficient (Wildman–Crippen LogP) is 0.936. The molecule has 2 amide bonds. The van der Waals surface area contributed by atoms with Crippen LogP contribution in [0.25, 0.3) is 0 Å². The maximum absolute atomic E-state index is 11.9. The molecule has 0 aliphatic rings. The van der Waals surface area contributed by atoms with Crippen molar-refractivity contribution in [2.75, 3.05) is 12.4 Å². The molecular formula is C13H16N2O4. The summed E-state index contributed by atoms with van der Waals surface area (Å²) in [4.78, 5) is 34.0. The Morgan fingerprint density at radius 1 is 1.26 bits per heavy atom. The standard InChI is InChI=1S/C13H16N2O4/c1-8(13(18)19-3)14-12(17)10-5-4-6-11(7-10)15-9(2)16/h4-8H,1-3H3,(H,14,17)(H,15,16)/t8-/m0/s1. The molecule has 6 heteroatoms. The number of methoxy groups -OCH3 is 1. The van der Waals surface area contributed by atoms with Crippen LogP contribution in [-0.2, 0) is 14.3 Å². The third-order valence-corrected chi connectivity index (χ3v) is 2.35. The van der Waals surface area contributed by atoms with Crippen LogP contribution in [0.1, 0.15) is 24.2 Å². The molecule has 0 saturated heterocycles. The number of hydrogen-bond donors (Lipinski definition) is 2. The monoisotopic (exact) mass is 264 g/mol. The van der Waals surface area contributed by atoms with E-state index >= 15 is 0 Å². The minimum atomic E-state index is -0.734. The molecule has 0 aliphatic heterocycles. The Morgan fingerprint density at radius 2 is 1.95 bits per heavy atom. The van der Waals surface area contributed by atoms with Gasteiger partial charge in [0.05, 0.1) is 7.11 Å². The number of carbonyl (C=O) groups excluding carboxylic acids is 3. The van der Waals surface area contributed by atoms with E-state index in [1.165, 1.54) is 27.0 Å². The first kappa shape index (κ1) is 14.7. The van der Waals surface area contributed by atoms with Crippen molar-refractivity contribution in [3.8, 4) is 0 Å². The van der Waals surface area contributed by atoms with E-state index in [1.807, 2.05) is 0 Å². The second-order valence-corrected chi connectivity index (χ2v) is 3.98. The highest BCUT2D eigenvalue weighted by molar-refractivity contribution is 5.98. The van der Waals surface area contributed by atoms with Gasteiger partial charge in [0, 0.05) is 18.2 Å². The number of ether oxygens (including phenoxy) is 1. The Balaban J connectivity index is 2.77. The molecule has 0 aromatic heterocycles. The van der Waals surface area contributed by atoms with Gasteiger partial charge in [0.25, 0.3) is 5.91 Å². The summed E-state index contributed by atoms with van der Waals surface area (Å²) in [5.74, 6) is -1.16. The van der Waals surface area contributed by atoms with E-state index in [2.05, 4.69) is 15.4 Å². The van der Waals surface area contributed by atoms with Crippen LogP contribution >= 0.6 is 0 Å². The van der Waals surface area contributed by atoms with Crippen LogP contribution < -0.4 is 10.6 Å². The smallest absolute Gasteiger partial charge is 0.328 e. The zero-order valence-electron chi connectivity index (χ0n) is 11.0. The summed E-state index contributed by atoms with van der Waals surface area (Å²) in [6.07, 6.45) is 0. The van der Waals surface area contributed by atoms with Gasteiger partial charge in [0.15, 0.2) is 0 Å². The molecule has 0 spiro atoms. The molecule has 2 N–H and O–H groups in total. The van der Waals surface area contributed by atoms with Crippen molar-refractivity contribution < 1.29 is 19.1 Å². The van der Waals surface area contributed by atoms with Gasteiger partial charge < -0.3 is 15.4 Å². The van der Waals surface area contributed by atoms with E-state index < -0.39 is 17.9 Å². The number of esters is 1. The minimum Gasteiger partial charge on any atom is -0.467 e. The maximum Gasteiger partial charge on any atom is 0.328 e. The molecule has 1 rings (SSSR count). The van der Waals surface area contributed by atoms with Gasteiger partial charge in [-0.2, -0.15) is 0 Å². The molecule has 0 heterocycles. The van der Waals surface area contributed by atoms with Gasteiger partial charge in [-0.3, -0.25) is 9.59 Å². The number of hydrogen-bond acceptors (Lipinski definition) is 4. The van der Waals surface area contributed by atoms with Gasteiger partial charge in [-0.25, -0.2) is 4.79 Å². The lowest BCUT2D eigenvalue weighted by molar-refractivity contribution is -0.142. The van der Waals surface area contributed by atoms with Crippen LogP contribution in [-0.4, -0.2) is 30.9 Å². The fourth-order valence-corrected chi connectivity index (χ4v) is 1.46. The van der Waals surface area contributed by atoms with Crippen molar-refractivity contribution >= 4 is 23.5 Å². The van der Waals surface area contributed by atoms with Gasteiger partial charge in [-0.05, 0) is 25.1 Å². The van der Waals surface area contributed by atoms with Crippen LogP contribution in [0.4, 0.5) is 5.69 Å². The van der Waals surface area contributed by atoms with Crippen molar-refractivity contribution in [2.45, 2.75) is 19.9 Å².